The minimum atomic E-state index is -0.372. The lowest BCUT2D eigenvalue weighted by Gasteiger charge is -2.32. The summed E-state index contributed by atoms with van der Waals surface area (Å²) < 4.78 is 5.64. The van der Waals surface area contributed by atoms with E-state index in [2.05, 4.69) is 5.32 Å². The van der Waals surface area contributed by atoms with Gasteiger partial charge in [0.15, 0.2) is 0 Å². The predicted molar refractivity (Wildman–Crippen MR) is 101 cm³/mol. The largest absolute Gasteiger partial charge is 0.446 e. The molecule has 0 spiro atoms. The highest BCUT2D eigenvalue weighted by atomic mass is 35.5. The van der Waals surface area contributed by atoms with E-state index in [4.69, 9.17) is 16.3 Å². The van der Waals surface area contributed by atoms with Crippen LogP contribution in [0.15, 0.2) is 24.3 Å². The zero-order valence-corrected chi connectivity index (χ0v) is 16.0. The van der Waals surface area contributed by atoms with E-state index in [1.165, 1.54) is 12.8 Å². The van der Waals surface area contributed by atoms with Crippen LogP contribution in [0.1, 0.15) is 57.1 Å². The van der Waals surface area contributed by atoms with E-state index in [1.54, 1.807) is 11.8 Å². The van der Waals surface area contributed by atoms with Gasteiger partial charge < -0.3 is 15.0 Å². The average molecular weight is 379 g/mol. The zero-order chi connectivity index (χ0) is 18.5. The normalized spacial score (nSPS) is 20.0. The number of halogens is 1. The Hall–Kier alpha value is -1.75. The molecule has 142 valence electrons. The molecule has 1 aromatic rings. The third-order valence-corrected chi connectivity index (χ3v) is 5.75. The molecule has 1 unspecified atom stereocenters. The van der Waals surface area contributed by atoms with Gasteiger partial charge in [-0.05, 0) is 36.5 Å². The number of hydrogen-bond donors (Lipinski definition) is 1. The highest BCUT2D eigenvalue weighted by molar-refractivity contribution is 6.30. The van der Waals surface area contributed by atoms with Crippen molar-refractivity contribution in [3.63, 3.8) is 0 Å². The van der Waals surface area contributed by atoms with Crippen molar-refractivity contribution in [3.05, 3.63) is 34.9 Å². The molecule has 1 aromatic carbocycles. The summed E-state index contributed by atoms with van der Waals surface area (Å²) in [6.07, 6.45) is 5.49. The summed E-state index contributed by atoms with van der Waals surface area (Å²) in [5.74, 6) is 0.496. The minimum Gasteiger partial charge on any atom is -0.446 e. The first-order valence-electron chi connectivity index (χ1n) is 9.51. The Morgan fingerprint density at radius 2 is 1.88 bits per heavy atom. The molecule has 5 nitrogen and oxygen atoms in total. The van der Waals surface area contributed by atoms with Gasteiger partial charge in [-0.2, -0.15) is 0 Å². The van der Waals surface area contributed by atoms with Gasteiger partial charge >= 0.3 is 6.09 Å². The third kappa shape index (κ3) is 4.91. The van der Waals surface area contributed by atoms with E-state index in [-0.39, 0.29) is 24.1 Å². The first-order chi connectivity index (χ1) is 12.5. The van der Waals surface area contributed by atoms with Crippen molar-refractivity contribution in [2.75, 3.05) is 13.1 Å². The number of rotatable bonds is 4. The minimum absolute atomic E-state index is 0.0685. The van der Waals surface area contributed by atoms with Crippen LogP contribution in [0.5, 0.6) is 0 Å². The molecule has 0 aromatic heterocycles. The van der Waals surface area contributed by atoms with Crippen LogP contribution >= 0.6 is 11.6 Å². The fraction of sp³-hybridized carbons (Fsp3) is 0.600. The fourth-order valence-electron chi connectivity index (χ4n) is 4.07. The van der Waals surface area contributed by atoms with Crippen LogP contribution in [0.4, 0.5) is 4.79 Å². The summed E-state index contributed by atoms with van der Waals surface area (Å²) in [6, 6.07) is 7.64. The smallest absolute Gasteiger partial charge is 0.407 e. The number of piperidine rings is 1. The predicted octanol–water partition coefficient (Wildman–Crippen LogP) is 4.31. The van der Waals surface area contributed by atoms with Crippen LogP contribution in [0.25, 0.3) is 0 Å². The maximum Gasteiger partial charge on any atom is 0.407 e. The second kappa shape index (κ2) is 8.76. The van der Waals surface area contributed by atoms with Crippen LogP contribution in [0.2, 0.25) is 5.02 Å². The second-order valence-electron chi connectivity index (χ2n) is 7.33. The summed E-state index contributed by atoms with van der Waals surface area (Å²) in [6.45, 7) is 2.87. The van der Waals surface area contributed by atoms with Crippen molar-refractivity contribution in [3.8, 4) is 0 Å². The van der Waals surface area contributed by atoms with Gasteiger partial charge in [0.05, 0.1) is 6.04 Å². The lowest BCUT2D eigenvalue weighted by molar-refractivity contribution is -0.130. The topological polar surface area (TPSA) is 58.6 Å². The maximum absolute atomic E-state index is 12.5. The molecule has 6 heteroatoms. The van der Waals surface area contributed by atoms with Crippen molar-refractivity contribution in [1.29, 1.82) is 0 Å². The second-order valence-corrected chi connectivity index (χ2v) is 7.77. The molecule has 0 bridgehead atoms. The van der Waals surface area contributed by atoms with Crippen LogP contribution in [0, 0.1) is 5.92 Å². The summed E-state index contributed by atoms with van der Waals surface area (Å²) in [5.41, 5.74) is 1.03. The van der Waals surface area contributed by atoms with E-state index in [9.17, 15) is 9.59 Å². The first-order valence-corrected chi connectivity index (χ1v) is 9.89. The summed E-state index contributed by atoms with van der Waals surface area (Å²) in [4.78, 5) is 25.7. The van der Waals surface area contributed by atoms with Gasteiger partial charge in [0.25, 0.3) is 0 Å². The standard InChI is InChI=1S/C20H27ClN2O3/c1-14(24)23-11-9-18(10-12-23)26-20(25)22-19(15-5-2-3-6-15)16-7-4-8-17(21)13-16/h4,7-8,13,15,18-19H,2-3,5-6,9-12H2,1H3,(H,22,25). The van der Waals surface area contributed by atoms with Gasteiger partial charge in [-0.15, -0.1) is 0 Å². The number of nitrogens with one attached hydrogen (secondary N) is 1. The molecule has 3 rings (SSSR count). The monoisotopic (exact) mass is 378 g/mol. The molecule has 2 fully saturated rings. The van der Waals surface area contributed by atoms with E-state index >= 15 is 0 Å². The molecule has 1 heterocycles. The molecule has 26 heavy (non-hydrogen) atoms. The molecular formula is C20H27ClN2O3. The van der Waals surface area contributed by atoms with Crippen molar-refractivity contribution in [2.45, 2.75) is 57.6 Å². The van der Waals surface area contributed by atoms with Crippen molar-refractivity contribution in [1.82, 2.24) is 10.2 Å². The highest BCUT2D eigenvalue weighted by Crippen LogP contribution is 2.36. The molecule has 1 aliphatic heterocycles. The Bertz CT molecular complexity index is 638. The van der Waals surface area contributed by atoms with Crippen molar-refractivity contribution < 1.29 is 14.3 Å². The highest BCUT2D eigenvalue weighted by Gasteiger charge is 2.30. The van der Waals surface area contributed by atoms with Gasteiger partial charge in [-0.25, -0.2) is 4.79 Å². The fourth-order valence-corrected chi connectivity index (χ4v) is 4.26. The number of likely N-dealkylation sites (tertiary alicyclic amines) is 1. The van der Waals surface area contributed by atoms with Crippen LogP contribution in [-0.4, -0.2) is 36.1 Å². The lowest BCUT2D eigenvalue weighted by atomic mass is 9.92. The number of carbonyl (C=O) groups excluding carboxylic acids is 2. The summed E-state index contributed by atoms with van der Waals surface area (Å²) >= 11 is 6.15. The maximum atomic E-state index is 12.5. The molecule has 1 N–H and O–H groups in total. The Labute approximate surface area is 160 Å². The van der Waals surface area contributed by atoms with Crippen LogP contribution in [-0.2, 0) is 9.53 Å². The molecule has 1 saturated carbocycles. The number of benzene rings is 1. The Balaban J connectivity index is 1.60. The Morgan fingerprint density at radius 3 is 2.50 bits per heavy atom. The van der Waals surface area contributed by atoms with Crippen LogP contribution in [0.3, 0.4) is 0 Å². The Kier molecular flexibility index (Phi) is 6.41. The third-order valence-electron chi connectivity index (χ3n) is 5.51. The molecule has 2 aliphatic rings. The molecule has 0 radical (unpaired) electrons. The number of hydrogen-bond acceptors (Lipinski definition) is 3. The molecule has 1 atom stereocenters. The Morgan fingerprint density at radius 1 is 1.19 bits per heavy atom. The summed E-state index contributed by atoms with van der Waals surface area (Å²) in [5, 5.41) is 3.76. The molecule has 1 saturated heterocycles. The van der Waals surface area contributed by atoms with E-state index in [0.717, 1.165) is 18.4 Å². The van der Waals surface area contributed by atoms with E-state index < -0.39 is 0 Å². The zero-order valence-electron chi connectivity index (χ0n) is 15.2. The van der Waals surface area contributed by atoms with Crippen molar-refractivity contribution >= 4 is 23.6 Å². The van der Waals surface area contributed by atoms with Gasteiger partial charge in [-0.1, -0.05) is 36.6 Å². The lowest BCUT2D eigenvalue weighted by Crippen LogP contribution is -2.42. The molecule has 2 amide bonds. The van der Waals surface area contributed by atoms with Crippen LogP contribution < -0.4 is 5.32 Å². The number of alkyl carbamates (subject to hydrolysis) is 1. The number of ether oxygens (including phenoxy) is 1. The average Bonchev–Trinajstić information content (AvgIpc) is 3.14. The molecule has 1 aliphatic carbocycles. The van der Waals surface area contributed by atoms with Gasteiger partial charge in [0.1, 0.15) is 6.10 Å². The summed E-state index contributed by atoms with van der Waals surface area (Å²) in [7, 11) is 0. The number of nitrogens with zero attached hydrogens (tertiary/aromatic N) is 1. The van der Waals surface area contributed by atoms with Gasteiger partial charge in [-0.3, -0.25) is 4.79 Å². The number of amides is 2. The number of carbonyl (C=O) groups is 2. The molecular weight excluding hydrogens is 352 g/mol. The SMILES string of the molecule is CC(=O)N1CCC(OC(=O)NC(c2cccc(Cl)c2)C2CCCC2)CC1. The first kappa shape index (κ1) is 19.0. The quantitative estimate of drug-likeness (QED) is 0.849. The van der Waals surface area contributed by atoms with Gasteiger partial charge in [0.2, 0.25) is 5.91 Å². The van der Waals surface area contributed by atoms with Crippen molar-refractivity contribution in [2.24, 2.45) is 5.92 Å². The van der Waals surface area contributed by atoms with Gasteiger partial charge in [0, 0.05) is 37.9 Å². The van der Waals surface area contributed by atoms with E-state index in [0.29, 0.717) is 36.9 Å². The van der Waals surface area contributed by atoms with E-state index in [1.807, 2.05) is 24.3 Å².